The first-order valence-electron chi connectivity index (χ1n) is 3.46. The summed E-state index contributed by atoms with van der Waals surface area (Å²) in [6.07, 6.45) is 0. The van der Waals surface area contributed by atoms with Crippen molar-refractivity contribution in [2.75, 3.05) is 0 Å². The number of nitrogens with two attached hydrogens (primary N) is 1. The van der Waals surface area contributed by atoms with Crippen LogP contribution < -0.4 is 5.73 Å². The van der Waals surface area contributed by atoms with Gasteiger partial charge in [-0.1, -0.05) is 15.9 Å². The summed E-state index contributed by atoms with van der Waals surface area (Å²) >= 11 is 3.11. The topological polar surface area (TPSA) is 46.2 Å². The van der Waals surface area contributed by atoms with Crippen molar-refractivity contribution >= 4 is 15.9 Å². The Kier molecular flexibility index (Phi) is 2.69. The smallest absolute Gasteiger partial charge is 0.166 e. The summed E-state index contributed by atoms with van der Waals surface area (Å²) < 4.78 is 13.4. The van der Waals surface area contributed by atoms with Crippen LogP contribution in [0.1, 0.15) is 18.5 Å². The molecule has 0 aliphatic carbocycles. The average Bonchev–Trinajstić information content (AvgIpc) is 1.96. The molecule has 66 valence electrons. The minimum absolute atomic E-state index is 0.367. The van der Waals surface area contributed by atoms with Crippen LogP contribution in [-0.4, -0.2) is 5.11 Å². The molecule has 3 N–H and O–H groups in total. The summed E-state index contributed by atoms with van der Waals surface area (Å²) in [5, 5.41) is 9.22. The molecule has 0 saturated heterocycles. The fourth-order valence-corrected chi connectivity index (χ4v) is 1.38. The predicted octanol–water partition coefficient (Wildman–Crippen LogP) is 2.31. The molecule has 4 heteroatoms. The monoisotopic (exact) mass is 233 g/mol. The molecule has 2 nitrogen and oxygen atoms in total. The van der Waals surface area contributed by atoms with Gasteiger partial charge in [-0.05, 0) is 19.1 Å². The highest BCUT2D eigenvalue weighted by molar-refractivity contribution is 9.10. The third kappa shape index (κ3) is 1.76. The van der Waals surface area contributed by atoms with E-state index in [0.29, 0.717) is 10.0 Å². The molecule has 0 aromatic heterocycles. The second-order valence-electron chi connectivity index (χ2n) is 2.61. The Morgan fingerprint density at radius 2 is 2.17 bits per heavy atom. The molecule has 1 aromatic rings. The van der Waals surface area contributed by atoms with Crippen LogP contribution in [0.2, 0.25) is 0 Å². The van der Waals surface area contributed by atoms with Crippen molar-refractivity contribution in [3.63, 3.8) is 0 Å². The second kappa shape index (κ2) is 3.41. The Bertz CT molecular complexity index is 301. The van der Waals surface area contributed by atoms with Crippen LogP contribution in [0.4, 0.5) is 4.39 Å². The fourth-order valence-electron chi connectivity index (χ4n) is 0.933. The standard InChI is InChI=1S/C8H9BrFNO/c1-4(11)6-2-5(9)3-7(10)8(6)12/h2-4,12H,11H2,1H3. The van der Waals surface area contributed by atoms with Crippen molar-refractivity contribution in [3.8, 4) is 5.75 Å². The van der Waals surface area contributed by atoms with Crippen LogP contribution in [-0.2, 0) is 0 Å². The Labute approximate surface area is 78.3 Å². The third-order valence-electron chi connectivity index (χ3n) is 1.55. The van der Waals surface area contributed by atoms with E-state index in [4.69, 9.17) is 5.73 Å². The predicted molar refractivity (Wildman–Crippen MR) is 48.4 cm³/mol. The third-order valence-corrected chi connectivity index (χ3v) is 2.01. The van der Waals surface area contributed by atoms with Gasteiger partial charge in [0.15, 0.2) is 11.6 Å². The molecule has 1 atom stereocenters. The Balaban J connectivity index is 3.28. The normalized spacial score (nSPS) is 13.0. The van der Waals surface area contributed by atoms with E-state index in [1.807, 2.05) is 0 Å². The van der Waals surface area contributed by atoms with E-state index in [0.717, 1.165) is 0 Å². The summed E-state index contributed by atoms with van der Waals surface area (Å²) in [4.78, 5) is 0. The fraction of sp³-hybridized carbons (Fsp3) is 0.250. The molecule has 1 aromatic carbocycles. The molecule has 1 rings (SSSR count). The maximum absolute atomic E-state index is 12.9. The highest BCUT2D eigenvalue weighted by Crippen LogP contribution is 2.29. The van der Waals surface area contributed by atoms with Gasteiger partial charge < -0.3 is 10.8 Å². The first-order valence-corrected chi connectivity index (χ1v) is 4.25. The van der Waals surface area contributed by atoms with E-state index < -0.39 is 5.82 Å². The van der Waals surface area contributed by atoms with Crippen molar-refractivity contribution in [1.82, 2.24) is 0 Å². The quantitative estimate of drug-likeness (QED) is 0.783. The molecule has 0 radical (unpaired) electrons. The van der Waals surface area contributed by atoms with E-state index in [-0.39, 0.29) is 11.8 Å². The summed E-state index contributed by atoms with van der Waals surface area (Å²) in [6.45, 7) is 1.68. The summed E-state index contributed by atoms with van der Waals surface area (Å²) in [5.41, 5.74) is 5.91. The van der Waals surface area contributed by atoms with E-state index in [1.54, 1.807) is 13.0 Å². The zero-order valence-electron chi connectivity index (χ0n) is 6.51. The van der Waals surface area contributed by atoms with Crippen LogP contribution in [0, 0.1) is 5.82 Å². The lowest BCUT2D eigenvalue weighted by molar-refractivity contribution is 0.422. The molecule has 12 heavy (non-hydrogen) atoms. The van der Waals surface area contributed by atoms with E-state index >= 15 is 0 Å². The van der Waals surface area contributed by atoms with Gasteiger partial charge in [0.2, 0.25) is 0 Å². The van der Waals surface area contributed by atoms with Crippen LogP contribution in [0.15, 0.2) is 16.6 Å². The molecule has 0 heterocycles. The van der Waals surface area contributed by atoms with Crippen molar-refractivity contribution in [3.05, 3.63) is 28.0 Å². The number of phenols is 1. The highest BCUT2D eigenvalue weighted by Gasteiger charge is 2.11. The first-order chi connectivity index (χ1) is 5.52. The molecule has 1 unspecified atom stereocenters. The van der Waals surface area contributed by atoms with Gasteiger partial charge in [-0.15, -0.1) is 0 Å². The zero-order valence-corrected chi connectivity index (χ0v) is 8.10. The maximum Gasteiger partial charge on any atom is 0.166 e. The summed E-state index contributed by atoms with van der Waals surface area (Å²) in [7, 11) is 0. The van der Waals surface area contributed by atoms with Gasteiger partial charge in [0.1, 0.15) is 0 Å². The molecule has 0 aliphatic rings. The van der Waals surface area contributed by atoms with Crippen molar-refractivity contribution in [2.24, 2.45) is 5.73 Å². The molecular weight excluding hydrogens is 225 g/mol. The van der Waals surface area contributed by atoms with Gasteiger partial charge in [0, 0.05) is 16.1 Å². The zero-order chi connectivity index (χ0) is 9.30. The lowest BCUT2D eigenvalue weighted by atomic mass is 10.1. The number of aromatic hydroxyl groups is 1. The minimum atomic E-state index is -0.656. The maximum atomic E-state index is 12.9. The Morgan fingerprint density at radius 3 is 2.67 bits per heavy atom. The number of benzene rings is 1. The SMILES string of the molecule is CC(N)c1cc(Br)cc(F)c1O. The van der Waals surface area contributed by atoms with Crippen molar-refractivity contribution in [1.29, 1.82) is 0 Å². The number of halogens is 2. The van der Waals surface area contributed by atoms with Gasteiger partial charge in [-0.25, -0.2) is 4.39 Å². The van der Waals surface area contributed by atoms with Gasteiger partial charge >= 0.3 is 0 Å². The molecule has 0 bridgehead atoms. The average molecular weight is 234 g/mol. The van der Waals surface area contributed by atoms with Crippen LogP contribution in [0.5, 0.6) is 5.75 Å². The van der Waals surface area contributed by atoms with Crippen LogP contribution in [0.3, 0.4) is 0 Å². The Morgan fingerprint density at radius 1 is 1.58 bits per heavy atom. The second-order valence-corrected chi connectivity index (χ2v) is 3.53. The van der Waals surface area contributed by atoms with Gasteiger partial charge in [0.05, 0.1) is 0 Å². The van der Waals surface area contributed by atoms with E-state index in [9.17, 15) is 9.50 Å². The molecule has 0 fully saturated rings. The molecule has 0 spiro atoms. The molecule has 0 aliphatic heterocycles. The van der Waals surface area contributed by atoms with E-state index in [1.165, 1.54) is 6.07 Å². The van der Waals surface area contributed by atoms with Crippen LogP contribution in [0.25, 0.3) is 0 Å². The van der Waals surface area contributed by atoms with Crippen LogP contribution >= 0.6 is 15.9 Å². The summed E-state index contributed by atoms with van der Waals surface area (Å²) in [6, 6.07) is 2.42. The van der Waals surface area contributed by atoms with Gasteiger partial charge in [0.25, 0.3) is 0 Å². The minimum Gasteiger partial charge on any atom is -0.505 e. The highest BCUT2D eigenvalue weighted by atomic mass is 79.9. The summed E-state index contributed by atoms with van der Waals surface area (Å²) in [5.74, 6) is -1.02. The molecule has 0 amide bonds. The lowest BCUT2D eigenvalue weighted by Crippen LogP contribution is -2.05. The van der Waals surface area contributed by atoms with E-state index in [2.05, 4.69) is 15.9 Å². The number of hydrogen-bond acceptors (Lipinski definition) is 2. The van der Waals surface area contributed by atoms with Crippen molar-refractivity contribution < 1.29 is 9.50 Å². The Hall–Kier alpha value is -0.610. The lowest BCUT2D eigenvalue weighted by Gasteiger charge is -2.09. The molecule has 0 saturated carbocycles. The number of rotatable bonds is 1. The van der Waals surface area contributed by atoms with Gasteiger partial charge in [-0.2, -0.15) is 0 Å². The first kappa shape index (κ1) is 9.48. The number of phenolic OH excluding ortho intramolecular Hbond substituents is 1. The molecular formula is C8H9BrFNO. The largest absolute Gasteiger partial charge is 0.505 e. The van der Waals surface area contributed by atoms with Crippen molar-refractivity contribution in [2.45, 2.75) is 13.0 Å². The van der Waals surface area contributed by atoms with Gasteiger partial charge in [-0.3, -0.25) is 0 Å². The number of hydrogen-bond donors (Lipinski definition) is 2.